The minimum Gasteiger partial charge on any atom is -0.288 e. The SMILES string of the molecule is CN(NC(=O)C(=O)C(=O)c1ccc([N+](=O)[O-])cc1)c1ccccc1. The van der Waals surface area contributed by atoms with Crippen LogP contribution in [0.3, 0.4) is 0 Å². The summed E-state index contributed by atoms with van der Waals surface area (Å²) in [7, 11) is 1.52. The number of hydrogen-bond donors (Lipinski definition) is 1. The highest BCUT2D eigenvalue weighted by Gasteiger charge is 2.25. The van der Waals surface area contributed by atoms with Gasteiger partial charge in [0.05, 0.1) is 10.6 Å². The van der Waals surface area contributed by atoms with Gasteiger partial charge in [-0.3, -0.25) is 34.9 Å². The fourth-order valence-corrected chi connectivity index (χ4v) is 1.89. The number of hydrogen-bond acceptors (Lipinski definition) is 6. The normalized spacial score (nSPS) is 9.88. The number of ketones is 2. The van der Waals surface area contributed by atoms with Crippen LogP contribution in [0.4, 0.5) is 11.4 Å². The monoisotopic (exact) mass is 327 g/mol. The Morgan fingerprint density at radius 3 is 2.12 bits per heavy atom. The van der Waals surface area contributed by atoms with E-state index in [1.165, 1.54) is 12.1 Å². The number of nitrogens with one attached hydrogen (secondary N) is 1. The van der Waals surface area contributed by atoms with Gasteiger partial charge in [0.1, 0.15) is 0 Å². The van der Waals surface area contributed by atoms with Crippen LogP contribution >= 0.6 is 0 Å². The lowest BCUT2D eigenvalue weighted by Crippen LogP contribution is -2.45. The summed E-state index contributed by atoms with van der Waals surface area (Å²) < 4.78 is 0. The molecule has 0 aromatic heterocycles. The minimum absolute atomic E-state index is 0.0943. The van der Waals surface area contributed by atoms with E-state index in [1.54, 1.807) is 30.3 Å². The predicted octanol–water partition coefficient (Wildman–Crippen LogP) is 1.51. The van der Waals surface area contributed by atoms with Crippen molar-refractivity contribution in [3.8, 4) is 0 Å². The molecule has 2 aromatic carbocycles. The van der Waals surface area contributed by atoms with E-state index >= 15 is 0 Å². The molecular formula is C16H13N3O5. The van der Waals surface area contributed by atoms with Crippen LogP contribution in [-0.2, 0) is 9.59 Å². The zero-order valence-electron chi connectivity index (χ0n) is 12.6. The highest BCUT2D eigenvalue weighted by Crippen LogP contribution is 2.13. The Morgan fingerprint density at radius 1 is 1.00 bits per heavy atom. The summed E-state index contributed by atoms with van der Waals surface area (Å²) in [6, 6.07) is 13.2. The highest BCUT2D eigenvalue weighted by molar-refractivity contribution is 6.66. The lowest BCUT2D eigenvalue weighted by molar-refractivity contribution is -0.384. The number of benzene rings is 2. The number of Topliss-reactive ketones (excluding diaryl/α,β-unsaturated/α-hetero) is 2. The van der Waals surface area contributed by atoms with Gasteiger partial charge in [0.15, 0.2) is 0 Å². The van der Waals surface area contributed by atoms with E-state index < -0.39 is 22.4 Å². The summed E-state index contributed by atoms with van der Waals surface area (Å²) in [4.78, 5) is 45.7. The molecule has 0 atom stereocenters. The molecule has 2 rings (SSSR count). The Kier molecular flexibility index (Phi) is 5.00. The summed E-state index contributed by atoms with van der Waals surface area (Å²) in [6.07, 6.45) is 0. The van der Waals surface area contributed by atoms with Gasteiger partial charge in [-0.05, 0) is 24.3 Å². The maximum atomic E-state index is 12.0. The summed E-state index contributed by atoms with van der Waals surface area (Å²) in [5.41, 5.74) is 2.61. The molecule has 8 heteroatoms. The second kappa shape index (κ2) is 7.14. The van der Waals surface area contributed by atoms with E-state index in [1.807, 2.05) is 0 Å². The molecule has 0 bridgehead atoms. The maximum Gasteiger partial charge on any atom is 0.314 e. The molecule has 1 amide bonds. The molecule has 0 radical (unpaired) electrons. The van der Waals surface area contributed by atoms with Crippen molar-refractivity contribution in [2.45, 2.75) is 0 Å². The van der Waals surface area contributed by atoms with E-state index in [2.05, 4.69) is 5.43 Å². The van der Waals surface area contributed by atoms with Crippen molar-refractivity contribution in [1.29, 1.82) is 0 Å². The van der Waals surface area contributed by atoms with Crippen molar-refractivity contribution in [1.82, 2.24) is 5.43 Å². The number of rotatable bonds is 6. The number of nitro benzene ring substituents is 1. The lowest BCUT2D eigenvalue weighted by atomic mass is 10.1. The van der Waals surface area contributed by atoms with Crippen LogP contribution in [0.1, 0.15) is 10.4 Å². The largest absolute Gasteiger partial charge is 0.314 e. The number of carbonyl (C=O) groups is 3. The zero-order chi connectivity index (χ0) is 17.7. The molecule has 24 heavy (non-hydrogen) atoms. The van der Waals surface area contributed by atoms with Crippen molar-refractivity contribution >= 4 is 28.8 Å². The molecule has 0 saturated carbocycles. The number of nitro groups is 1. The van der Waals surface area contributed by atoms with Crippen LogP contribution in [0.25, 0.3) is 0 Å². The minimum atomic E-state index is -1.26. The highest BCUT2D eigenvalue weighted by atomic mass is 16.6. The van der Waals surface area contributed by atoms with Gasteiger partial charge in [-0.15, -0.1) is 0 Å². The van der Waals surface area contributed by atoms with Crippen LogP contribution in [-0.4, -0.2) is 29.4 Å². The Balaban J connectivity index is 2.05. The number of anilines is 1. The second-order valence-electron chi connectivity index (χ2n) is 4.80. The summed E-state index contributed by atoms with van der Waals surface area (Å²) in [5.74, 6) is -3.39. The van der Waals surface area contributed by atoms with Crippen LogP contribution in [0.15, 0.2) is 54.6 Å². The van der Waals surface area contributed by atoms with Crippen LogP contribution < -0.4 is 10.4 Å². The molecule has 0 aliphatic rings. The molecule has 0 fully saturated rings. The summed E-state index contributed by atoms with van der Waals surface area (Å²) >= 11 is 0. The predicted molar refractivity (Wildman–Crippen MR) is 85.4 cm³/mol. The summed E-state index contributed by atoms with van der Waals surface area (Å²) in [6.45, 7) is 0. The van der Waals surface area contributed by atoms with Crippen molar-refractivity contribution in [3.05, 3.63) is 70.3 Å². The molecule has 0 spiro atoms. The molecule has 0 aliphatic heterocycles. The van der Waals surface area contributed by atoms with E-state index in [0.29, 0.717) is 5.69 Å². The topological polar surface area (TPSA) is 110 Å². The number of para-hydroxylation sites is 1. The number of non-ortho nitro benzene ring substituents is 1. The molecule has 0 aliphatic carbocycles. The lowest BCUT2D eigenvalue weighted by Gasteiger charge is -2.19. The Hall–Kier alpha value is -3.55. The fourth-order valence-electron chi connectivity index (χ4n) is 1.89. The number of hydrazine groups is 1. The first kappa shape index (κ1) is 16.8. The molecule has 0 unspecified atom stereocenters. The Bertz CT molecular complexity index is 787. The van der Waals surface area contributed by atoms with Gasteiger partial charge in [0.25, 0.3) is 11.5 Å². The molecule has 122 valence electrons. The first-order chi connectivity index (χ1) is 11.4. The van der Waals surface area contributed by atoms with Gasteiger partial charge in [-0.1, -0.05) is 18.2 Å². The number of nitrogens with zero attached hydrogens (tertiary/aromatic N) is 2. The molecule has 0 heterocycles. The van der Waals surface area contributed by atoms with E-state index in [9.17, 15) is 24.5 Å². The van der Waals surface area contributed by atoms with Crippen LogP contribution in [0, 0.1) is 10.1 Å². The molecule has 2 aromatic rings. The molecule has 0 saturated heterocycles. The van der Waals surface area contributed by atoms with Crippen LogP contribution in [0.2, 0.25) is 0 Å². The van der Waals surface area contributed by atoms with Crippen LogP contribution in [0.5, 0.6) is 0 Å². The van der Waals surface area contributed by atoms with Gasteiger partial charge in [0, 0.05) is 24.7 Å². The smallest absolute Gasteiger partial charge is 0.288 e. The Labute approximate surface area is 136 Å². The van der Waals surface area contributed by atoms with E-state index in [0.717, 1.165) is 24.3 Å². The van der Waals surface area contributed by atoms with E-state index in [4.69, 9.17) is 0 Å². The second-order valence-corrected chi connectivity index (χ2v) is 4.80. The van der Waals surface area contributed by atoms with Gasteiger partial charge in [-0.2, -0.15) is 0 Å². The fraction of sp³-hybridized carbons (Fsp3) is 0.0625. The van der Waals surface area contributed by atoms with Crippen molar-refractivity contribution < 1.29 is 19.3 Å². The standard InChI is InChI=1S/C16H13N3O5/c1-18(12-5-3-2-4-6-12)17-16(22)15(21)14(20)11-7-9-13(10-8-11)19(23)24/h2-10H,1H3,(H,17,22). The van der Waals surface area contributed by atoms with Crippen molar-refractivity contribution in [3.63, 3.8) is 0 Å². The van der Waals surface area contributed by atoms with Gasteiger partial charge >= 0.3 is 5.91 Å². The number of amides is 1. The van der Waals surface area contributed by atoms with Gasteiger partial charge in [0.2, 0.25) is 5.78 Å². The maximum absolute atomic E-state index is 12.0. The third kappa shape index (κ3) is 3.80. The zero-order valence-corrected chi connectivity index (χ0v) is 12.6. The molecular weight excluding hydrogens is 314 g/mol. The first-order valence-electron chi connectivity index (χ1n) is 6.83. The van der Waals surface area contributed by atoms with Crippen molar-refractivity contribution in [2.75, 3.05) is 12.1 Å². The van der Waals surface area contributed by atoms with Gasteiger partial charge < -0.3 is 0 Å². The summed E-state index contributed by atoms with van der Waals surface area (Å²) in [5, 5.41) is 11.9. The first-order valence-corrected chi connectivity index (χ1v) is 6.83. The van der Waals surface area contributed by atoms with E-state index in [-0.39, 0.29) is 11.3 Å². The molecule has 8 nitrogen and oxygen atoms in total. The van der Waals surface area contributed by atoms with Crippen molar-refractivity contribution in [2.24, 2.45) is 0 Å². The third-order valence-corrected chi connectivity index (χ3v) is 3.17. The average Bonchev–Trinajstić information content (AvgIpc) is 2.61. The third-order valence-electron chi connectivity index (χ3n) is 3.17. The number of carbonyl (C=O) groups excluding carboxylic acids is 3. The Morgan fingerprint density at radius 2 is 1.58 bits per heavy atom. The average molecular weight is 327 g/mol. The quantitative estimate of drug-likeness (QED) is 0.283. The van der Waals surface area contributed by atoms with Gasteiger partial charge in [-0.25, -0.2) is 0 Å². The molecule has 1 N–H and O–H groups in total.